The van der Waals surface area contributed by atoms with Crippen molar-refractivity contribution in [3.63, 3.8) is 0 Å². The Labute approximate surface area is 182 Å². The van der Waals surface area contributed by atoms with Crippen LogP contribution in [0.25, 0.3) is 33.1 Å². The first-order valence-electron chi connectivity index (χ1n) is 9.58. The number of rotatable bonds is 5. The minimum absolute atomic E-state index is 0.275. The van der Waals surface area contributed by atoms with Gasteiger partial charge in [-0.15, -0.1) is 21.5 Å². The second-order valence-corrected chi connectivity index (χ2v) is 7.65. The molecular weight excluding hydrogens is 409 g/mol. The third-order valence-electron chi connectivity index (χ3n) is 4.65. The van der Waals surface area contributed by atoms with E-state index in [0.717, 1.165) is 33.1 Å². The third kappa shape index (κ3) is 4.31. The molecule has 0 saturated heterocycles. The maximum Gasteiger partial charge on any atom is 0.153 e. The summed E-state index contributed by atoms with van der Waals surface area (Å²) in [7, 11) is 0. The highest BCUT2D eigenvalue weighted by Crippen LogP contribution is 2.30. The number of hydrogen-bond donors (Lipinski definition) is 1. The van der Waals surface area contributed by atoms with Crippen LogP contribution in [0, 0.1) is 5.82 Å². The van der Waals surface area contributed by atoms with E-state index in [1.54, 1.807) is 29.7 Å². The van der Waals surface area contributed by atoms with E-state index in [4.69, 9.17) is 4.98 Å². The highest BCUT2D eigenvalue weighted by Gasteiger charge is 2.08. The molecule has 1 N–H and O–H groups in total. The van der Waals surface area contributed by atoms with Crippen LogP contribution in [-0.4, -0.2) is 20.2 Å². The zero-order valence-corrected chi connectivity index (χ0v) is 17.1. The van der Waals surface area contributed by atoms with Crippen LogP contribution in [0.1, 0.15) is 0 Å². The molecule has 2 aromatic carbocycles. The number of aromatic nitrogens is 4. The Balaban J connectivity index is 1.34. The van der Waals surface area contributed by atoms with Gasteiger partial charge < -0.3 is 5.32 Å². The Morgan fingerprint density at radius 3 is 2.42 bits per heavy atom. The molecule has 0 unspecified atom stereocenters. The van der Waals surface area contributed by atoms with E-state index in [0.29, 0.717) is 11.5 Å². The highest BCUT2D eigenvalue weighted by atomic mass is 32.1. The van der Waals surface area contributed by atoms with E-state index in [9.17, 15) is 4.39 Å². The largest absolute Gasteiger partial charge is 0.339 e. The van der Waals surface area contributed by atoms with Crippen LogP contribution in [0.4, 0.5) is 15.9 Å². The normalized spacial score (nSPS) is 10.7. The first-order valence-corrected chi connectivity index (χ1v) is 10.5. The molecule has 0 radical (unpaired) electrons. The Hall–Kier alpha value is -3.97. The first-order chi connectivity index (χ1) is 15.2. The summed E-state index contributed by atoms with van der Waals surface area (Å²) in [5.41, 5.74) is 5.31. The number of nitrogens with zero attached hydrogens (tertiary/aromatic N) is 4. The lowest BCUT2D eigenvalue weighted by Gasteiger charge is -2.07. The predicted octanol–water partition coefficient (Wildman–Crippen LogP) is 6.21. The monoisotopic (exact) mass is 425 g/mol. The quantitative estimate of drug-likeness (QED) is 0.363. The number of pyridine rings is 1. The lowest BCUT2D eigenvalue weighted by molar-refractivity contribution is 0.628. The third-order valence-corrected chi connectivity index (χ3v) is 5.54. The molecule has 150 valence electrons. The summed E-state index contributed by atoms with van der Waals surface area (Å²) in [5.74, 6) is 0.347. The number of benzene rings is 2. The van der Waals surface area contributed by atoms with Crippen molar-refractivity contribution in [1.29, 1.82) is 0 Å². The van der Waals surface area contributed by atoms with Gasteiger partial charge in [0.2, 0.25) is 0 Å². The molecule has 7 heteroatoms. The van der Waals surface area contributed by atoms with Gasteiger partial charge in [-0.25, -0.2) is 9.37 Å². The molecule has 0 spiro atoms. The summed E-state index contributed by atoms with van der Waals surface area (Å²) >= 11 is 1.59. The minimum atomic E-state index is -0.275. The number of hydrogen-bond acceptors (Lipinski definition) is 6. The fourth-order valence-electron chi connectivity index (χ4n) is 3.11. The highest BCUT2D eigenvalue weighted by molar-refractivity contribution is 7.13. The van der Waals surface area contributed by atoms with Gasteiger partial charge in [-0.3, -0.25) is 4.98 Å². The van der Waals surface area contributed by atoms with Gasteiger partial charge >= 0.3 is 0 Å². The van der Waals surface area contributed by atoms with Gasteiger partial charge in [-0.2, -0.15) is 0 Å². The van der Waals surface area contributed by atoms with E-state index in [1.165, 1.54) is 12.1 Å². The average Bonchev–Trinajstić information content (AvgIpc) is 3.32. The molecule has 0 aliphatic heterocycles. The number of nitrogens with one attached hydrogen (secondary N) is 1. The Morgan fingerprint density at radius 2 is 1.65 bits per heavy atom. The van der Waals surface area contributed by atoms with E-state index in [-0.39, 0.29) is 5.82 Å². The van der Waals surface area contributed by atoms with E-state index in [2.05, 4.69) is 20.5 Å². The second-order valence-electron chi connectivity index (χ2n) is 6.80. The van der Waals surface area contributed by atoms with Crippen LogP contribution < -0.4 is 5.32 Å². The molecule has 5 nitrogen and oxygen atoms in total. The zero-order chi connectivity index (χ0) is 21.0. The van der Waals surface area contributed by atoms with Gasteiger partial charge in [0, 0.05) is 40.2 Å². The molecule has 3 heterocycles. The smallest absolute Gasteiger partial charge is 0.153 e. The fourth-order valence-corrected chi connectivity index (χ4v) is 3.93. The van der Waals surface area contributed by atoms with Crippen molar-refractivity contribution in [3.05, 3.63) is 96.4 Å². The van der Waals surface area contributed by atoms with E-state index in [1.807, 2.05) is 60.1 Å². The molecule has 0 atom stereocenters. The maximum atomic E-state index is 13.1. The van der Waals surface area contributed by atoms with Crippen LogP contribution in [0.2, 0.25) is 0 Å². The van der Waals surface area contributed by atoms with Crippen LogP contribution in [0.15, 0.2) is 90.6 Å². The SMILES string of the molecule is Fc1ccc(-c2ccc(Nc3cccc(-c4csc(-c5cccnc5)n4)c3)nn2)cc1. The molecule has 3 aromatic heterocycles. The van der Waals surface area contributed by atoms with Crippen molar-refractivity contribution < 1.29 is 4.39 Å². The molecule has 0 fully saturated rings. The van der Waals surface area contributed by atoms with Crippen LogP contribution in [0.3, 0.4) is 0 Å². The molecule has 0 bridgehead atoms. The van der Waals surface area contributed by atoms with E-state index >= 15 is 0 Å². The second kappa shape index (κ2) is 8.41. The Morgan fingerprint density at radius 1 is 0.774 bits per heavy atom. The van der Waals surface area contributed by atoms with Gasteiger partial charge in [-0.1, -0.05) is 12.1 Å². The van der Waals surface area contributed by atoms with E-state index < -0.39 is 0 Å². The topological polar surface area (TPSA) is 63.6 Å². The number of halogens is 1. The summed E-state index contributed by atoms with van der Waals surface area (Å²) in [4.78, 5) is 8.91. The maximum absolute atomic E-state index is 13.1. The van der Waals surface area contributed by atoms with Gasteiger partial charge in [-0.05, 0) is 60.7 Å². The summed E-state index contributed by atoms with van der Waals surface area (Å²) in [6.07, 6.45) is 3.57. The van der Waals surface area contributed by atoms with Gasteiger partial charge in [0.1, 0.15) is 10.8 Å². The zero-order valence-electron chi connectivity index (χ0n) is 16.2. The molecule has 0 aliphatic carbocycles. The standard InChI is InChI=1S/C24H16FN5S/c25-19-8-6-16(7-9-19)21-10-11-23(30-29-21)27-20-5-1-3-17(13-20)22-15-31-24(28-22)18-4-2-12-26-14-18/h1-15H,(H,27,30). The van der Waals surface area contributed by atoms with Gasteiger partial charge in [0.15, 0.2) is 5.82 Å². The summed E-state index contributed by atoms with van der Waals surface area (Å²) in [6, 6.07) is 21.8. The molecule has 31 heavy (non-hydrogen) atoms. The van der Waals surface area contributed by atoms with Crippen molar-refractivity contribution >= 4 is 22.8 Å². The van der Waals surface area contributed by atoms with Crippen molar-refractivity contribution in [1.82, 2.24) is 20.2 Å². The van der Waals surface area contributed by atoms with Crippen LogP contribution in [-0.2, 0) is 0 Å². The molecular formula is C24H16FN5S. The summed E-state index contributed by atoms with van der Waals surface area (Å²) in [5, 5.41) is 14.7. The molecule has 5 rings (SSSR count). The summed E-state index contributed by atoms with van der Waals surface area (Å²) < 4.78 is 13.1. The predicted molar refractivity (Wildman–Crippen MR) is 121 cm³/mol. The number of anilines is 2. The van der Waals surface area contributed by atoms with Gasteiger partial charge in [0.25, 0.3) is 0 Å². The lowest BCUT2D eigenvalue weighted by Crippen LogP contribution is -1.96. The Bertz CT molecular complexity index is 1300. The first kappa shape index (κ1) is 19.0. The van der Waals surface area contributed by atoms with Gasteiger partial charge in [0.05, 0.1) is 11.4 Å². The Kier molecular flexibility index (Phi) is 5.16. The fraction of sp³-hybridized carbons (Fsp3) is 0. The van der Waals surface area contributed by atoms with Crippen molar-refractivity contribution in [2.24, 2.45) is 0 Å². The van der Waals surface area contributed by atoms with Crippen molar-refractivity contribution in [3.8, 4) is 33.1 Å². The van der Waals surface area contributed by atoms with Crippen molar-refractivity contribution in [2.45, 2.75) is 0 Å². The minimum Gasteiger partial charge on any atom is -0.339 e. The lowest BCUT2D eigenvalue weighted by atomic mass is 10.1. The van der Waals surface area contributed by atoms with Crippen molar-refractivity contribution in [2.75, 3.05) is 5.32 Å². The van der Waals surface area contributed by atoms with Crippen LogP contribution in [0.5, 0.6) is 0 Å². The average molecular weight is 425 g/mol. The van der Waals surface area contributed by atoms with Crippen LogP contribution >= 0.6 is 11.3 Å². The summed E-state index contributed by atoms with van der Waals surface area (Å²) in [6.45, 7) is 0. The molecule has 5 aromatic rings. The molecule has 0 aliphatic rings. The number of thiazole rings is 1. The molecule has 0 saturated carbocycles. The molecule has 0 amide bonds.